The molecule has 2 N–H and O–H groups in total. The Kier molecular flexibility index (Phi) is 2.84. The molecule has 3 atom stereocenters. The highest BCUT2D eigenvalue weighted by Gasteiger charge is 2.58. The maximum absolute atomic E-state index is 12.2. The van der Waals surface area contributed by atoms with Crippen LogP contribution in [0.25, 0.3) is 0 Å². The molecule has 2 aliphatic rings. The molecule has 3 unspecified atom stereocenters. The van der Waals surface area contributed by atoms with Gasteiger partial charge < -0.3 is 15.2 Å². The van der Waals surface area contributed by atoms with E-state index in [1.807, 2.05) is 30.3 Å². The van der Waals surface area contributed by atoms with E-state index >= 15 is 0 Å². The zero-order valence-corrected chi connectivity index (χ0v) is 10.2. The smallest absolute Gasteiger partial charge is 0.340 e. The molecule has 2 aliphatic heterocycles. The van der Waals surface area contributed by atoms with Gasteiger partial charge in [-0.3, -0.25) is 0 Å². The Bertz CT molecular complexity index is 448. The minimum atomic E-state index is -0.876. The first kappa shape index (κ1) is 11.7. The molecule has 4 heteroatoms. The average molecular weight is 247 g/mol. The molecule has 2 fully saturated rings. The van der Waals surface area contributed by atoms with Gasteiger partial charge in [-0.25, -0.2) is 4.79 Å². The Morgan fingerprint density at radius 3 is 2.83 bits per heavy atom. The summed E-state index contributed by atoms with van der Waals surface area (Å²) in [7, 11) is 0. The van der Waals surface area contributed by atoms with Gasteiger partial charge in [0, 0.05) is 6.04 Å². The summed E-state index contributed by atoms with van der Waals surface area (Å²) in [5.41, 5.74) is 6.10. The summed E-state index contributed by atoms with van der Waals surface area (Å²) in [6.07, 6.45) is 2.50. The minimum Gasteiger partial charge on any atom is -0.459 e. The molecule has 2 bridgehead atoms. The molecule has 18 heavy (non-hydrogen) atoms. The number of fused-ring (bicyclic) bond motifs is 2. The van der Waals surface area contributed by atoms with Crippen LogP contribution in [0.3, 0.4) is 0 Å². The monoisotopic (exact) mass is 247 g/mol. The van der Waals surface area contributed by atoms with Crippen LogP contribution < -0.4 is 5.73 Å². The molecule has 2 heterocycles. The summed E-state index contributed by atoms with van der Waals surface area (Å²) in [5, 5.41) is 0. The van der Waals surface area contributed by atoms with Gasteiger partial charge in [-0.1, -0.05) is 30.3 Å². The van der Waals surface area contributed by atoms with E-state index in [9.17, 15) is 4.79 Å². The number of rotatable bonds is 3. The normalized spacial score (nSPS) is 33.6. The Balaban J connectivity index is 1.65. The van der Waals surface area contributed by atoms with Crippen molar-refractivity contribution in [3.05, 3.63) is 35.9 Å². The lowest BCUT2D eigenvalue weighted by Crippen LogP contribution is -2.51. The number of benzene rings is 1. The van der Waals surface area contributed by atoms with Gasteiger partial charge in [0.05, 0.1) is 6.10 Å². The maximum Gasteiger partial charge on any atom is 0.340 e. The zero-order chi connectivity index (χ0) is 12.6. The first-order valence-electron chi connectivity index (χ1n) is 6.35. The van der Waals surface area contributed by atoms with E-state index in [4.69, 9.17) is 15.2 Å². The summed E-state index contributed by atoms with van der Waals surface area (Å²) < 4.78 is 11.1. The lowest BCUT2D eigenvalue weighted by atomic mass is 9.84. The van der Waals surface area contributed by atoms with Crippen molar-refractivity contribution < 1.29 is 14.3 Å². The van der Waals surface area contributed by atoms with Crippen LogP contribution in [-0.2, 0) is 20.9 Å². The predicted molar refractivity (Wildman–Crippen MR) is 65.7 cm³/mol. The molecule has 4 nitrogen and oxygen atoms in total. The molecule has 96 valence electrons. The first-order chi connectivity index (χ1) is 8.71. The molecular weight excluding hydrogens is 230 g/mol. The van der Waals surface area contributed by atoms with E-state index < -0.39 is 5.60 Å². The third-order valence-electron chi connectivity index (χ3n) is 3.89. The number of nitrogens with two attached hydrogens (primary N) is 1. The van der Waals surface area contributed by atoms with Crippen molar-refractivity contribution in [2.75, 3.05) is 0 Å². The lowest BCUT2D eigenvalue weighted by Gasteiger charge is -2.27. The lowest BCUT2D eigenvalue weighted by molar-refractivity contribution is -0.167. The Hall–Kier alpha value is -1.39. The summed E-state index contributed by atoms with van der Waals surface area (Å²) in [5.74, 6) is -0.307. The Morgan fingerprint density at radius 2 is 2.22 bits per heavy atom. The van der Waals surface area contributed by atoms with Gasteiger partial charge >= 0.3 is 5.97 Å². The van der Waals surface area contributed by atoms with E-state index in [1.165, 1.54) is 0 Å². The first-order valence-corrected chi connectivity index (χ1v) is 6.35. The molecule has 1 aromatic rings. The highest BCUT2D eigenvalue weighted by Crippen LogP contribution is 2.43. The van der Waals surface area contributed by atoms with E-state index in [0.29, 0.717) is 6.42 Å². The van der Waals surface area contributed by atoms with E-state index in [2.05, 4.69) is 0 Å². The van der Waals surface area contributed by atoms with Gasteiger partial charge in [-0.15, -0.1) is 0 Å². The van der Waals surface area contributed by atoms with Crippen LogP contribution in [0.15, 0.2) is 30.3 Å². The van der Waals surface area contributed by atoms with E-state index in [-0.39, 0.29) is 24.7 Å². The van der Waals surface area contributed by atoms with Gasteiger partial charge in [0.2, 0.25) is 0 Å². The summed E-state index contributed by atoms with van der Waals surface area (Å²) in [4.78, 5) is 12.2. The number of ether oxygens (including phenoxy) is 2. The van der Waals surface area contributed by atoms with Crippen LogP contribution in [0.1, 0.15) is 24.8 Å². The summed E-state index contributed by atoms with van der Waals surface area (Å²) in [6.45, 7) is 0.280. The summed E-state index contributed by atoms with van der Waals surface area (Å²) in [6, 6.07) is 9.41. The SMILES string of the molecule is NC1CC2CCC1(C(=O)OCc1ccccc1)O2. The summed E-state index contributed by atoms with van der Waals surface area (Å²) >= 11 is 0. The van der Waals surface area contributed by atoms with Gasteiger partial charge in [-0.2, -0.15) is 0 Å². The van der Waals surface area contributed by atoms with Gasteiger partial charge in [0.25, 0.3) is 0 Å². The minimum absolute atomic E-state index is 0.143. The van der Waals surface area contributed by atoms with Crippen LogP contribution in [0.5, 0.6) is 0 Å². The number of esters is 1. The van der Waals surface area contributed by atoms with E-state index in [0.717, 1.165) is 18.4 Å². The van der Waals surface area contributed by atoms with Crippen molar-refractivity contribution in [3.63, 3.8) is 0 Å². The second-order valence-electron chi connectivity index (χ2n) is 5.07. The molecule has 0 spiro atoms. The quantitative estimate of drug-likeness (QED) is 0.820. The number of carbonyl (C=O) groups is 1. The second kappa shape index (κ2) is 4.37. The molecule has 1 aromatic carbocycles. The van der Waals surface area contributed by atoms with Crippen molar-refractivity contribution in [2.24, 2.45) is 5.73 Å². The van der Waals surface area contributed by atoms with Crippen LogP contribution in [0, 0.1) is 0 Å². The van der Waals surface area contributed by atoms with Crippen LogP contribution in [0.2, 0.25) is 0 Å². The fourth-order valence-electron chi connectivity index (χ4n) is 2.85. The van der Waals surface area contributed by atoms with Crippen LogP contribution >= 0.6 is 0 Å². The molecule has 0 aromatic heterocycles. The molecule has 0 radical (unpaired) electrons. The predicted octanol–water partition coefficient (Wildman–Crippen LogP) is 1.38. The Labute approximate surface area is 106 Å². The third-order valence-corrected chi connectivity index (χ3v) is 3.89. The molecule has 2 saturated heterocycles. The van der Waals surface area contributed by atoms with Crippen LogP contribution in [0.4, 0.5) is 0 Å². The van der Waals surface area contributed by atoms with Crippen molar-refractivity contribution in [2.45, 2.75) is 43.6 Å². The van der Waals surface area contributed by atoms with Crippen molar-refractivity contribution in [3.8, 4) is 0 Å². The molecule has 0 aliphatic carbocycles. The topological polar surface area (TPSA) is 61.6 Å². The van der Waals surface area contributed by atoms with Gasteiger partial charge in [-0.05, 0) is 24.8 Å². The largest absolute Gasteiger partial charge is 0.459 e. The molecule has 0 amide bonds. The van der Waals surface area contributed by atoms with Crippen molar-refractivity contribution in [1.82, 2.24) is 0 Å². The molecular formula is C14H17NO3. The van der Waals surface area contributed by atoms with Crippen molar-refractivity contribution in [1.29, 1.82) is 0 Å². The average Bonchev–Trinajstić information content (AvgIpc) is 2.95. The van der Waals surface area contributed by atoms with Crippen molar-refractivity contribution >= 4 is 5.97 Å². The third kappa shape index (κ3) is 1.82. The fourth-order valence-corrected chi connectivity index (χ4v) is 2.85. The van der Waals surface area contributed by atoms with E-state index in [1.54, 1.807) is 0 Å². The highest BCUT2D eigenvalue weighted by atomic mass is 16.6. The van der Waals surface area contributed by atoms with Crippen LogP contribution in [-0.4, -0.2) is 23.7 Å². The highest BCUT2D eigenvalue weighted by molar-refractivity contribution is 5.81. The Morgan fingerprint density at radius 1 is 1.44 bits per heavy atom. The fraction of sp³-hybridized carbons (Fsp3) is 0.500. The molecule has 0 saturated carbocycles. The number of hydrogen-bond acceptors (Lipinski definition) is 4. The molecule has 3 rings (SSSR count). The zero-order valence-electron chi connectivity index (χ0n) is 10.2. The standard InChI is InChI=1S/C14H17NO3/c15-12-8-11-6-7-14(12,18-11)13(16)17-9-10-4-2-1-3-5-10/h1-5,11-12H,6-9,15H2. The second-order valence-corrected chi connectivity index (χ2v) is 5.07. The van der Waals surface area contributed by atoms with Gasteiger partial charge in [0.15, 0.2) is 5.60 Å². The van der Waals surface area contributed by atoms with Gasteiger partial charge in [0.1, 0.15) is 6.61 Å². The number of hydrogen-bond donors (Lipinski definition) is 1. The number of carbonyl (C=O) groups excluding carboxylic acids is 1. The maximum atomic E-state index is 12.2.